The van der Waals surface area contributed by atoms with E-state index in [0.717, 1.165) is 29.2 Å². The molecule has 5 rings (SSSR count). The third kappa shape index (κ3) is 6.01. The van der Waals surface area contributed by atoms with E-state index in [1.165, 1.54) is 6.20 Å². The number of amides is 1. The standard InChI is InChI=1S/C30H34N6O4/c1-18-10-11-21-22(8-5-9-24(21)31)26(18)39-27-23(15-20(37)16-33-27)25-12-13-32-28(35-25)34-19-7-6-14-36(17-19)29(38)40-30(2,3)4/h5,8-13,15-16,19,37H,6-7,14,17,31H2,1-4H3,(H,32,34,35)/t19-/m0/s1. The van der Waals surface area contributed by atoms with Crippen LogP contribution in [0.25, 0.3) is 22.0 Å². The van der Waals surface area contributed by atoms with Crippen LogP contribution in [-0.4, -0.2) is 55.8 Å². The number of hydrogen-bond acceptors (Lipinski definition) is 9. The Morgan fingerprint density at radius 2 is 1.98 bits per heavy atom. The van der Waals surface area contributed by atoms with Gasteiger partial charge in [0.1, 0.15) is 17.1 Å². The van der Waals surface area contributed by atoms with Crippen LogP contribution in [0.4, 0.5) is 16.4 Å². The molecule has 0 saturated carbocycles. The van der Waals surface area contributed by atoms with E-state index in [1.807, 2.05) is 58.0 Å². The summed E-state index contributed by atoms with van der Waals surface area (Å²) in [6.45, 7) is 8.64. The van der Waals surface area contributed by atoms with Crippen LogP contribution in [0, 0.1) is 6.92 Å². The molecule has 0 bridgehead atoms. The van der Waals surface area contributed by atoms with Gasteiger partial charge in [-0.2, -0.15) is 0 Å². The van der Waals surface area contributed by atoms with Crippen LogP contribution < -0.4 is 15.8 Å². The van der Waals surface area contributed by atoms with Crippen molar-refractivity contribution in [3.8, 4) is 28.6 Å². The number of rotatable bonds is 5. The highest BCUT2D eigenvalue weighted by Crippen LogP contribution is 2.39. The summed E-state index contributed by atoms with van der Waals surface area (Å²) < 4.78 is 11.9. The SMILES string of the molecule is Cc1ccc2c(N)cccc2c1Oc1ncc(O)cc1-c1ccnc(N[C@H]2CCCN(C(=O)OC(C)(C)C)C2)n1. The molecule has 0 spiro atoms. The first-order valence-electron chi connectivity index (χ1n) is 13.3. The summed E-state index contributed by atoms with van der Waals surface area (Å²) in [5.74, 6) is 1.29. The maximum Gasteiger partial charge on any atom is 0.410 e. The predicted octanol–water partition coefficient (Wildman–Crippen LogP) is 5.89. The zero-order valence-corrected chi connectivity index (χ0v) is 23.1. The van der Waals surface area contributed by atoms with Gasteiger partial charge in [-0.3, -0.25) is 0 Å². The zero-order chi connectivity index (χ0) is 28.4. The van der Waals surface area contributed by atoms with E-state index in [9.17, 15) is 9.90 Å². The quantitative estimate of drug-likeness (QED) is 0.264. The summed E-state index contributed by atoms with van der Waals surface area (Å²) in [7, 11) is 0. The lowest BCUT2D eigenvalue weighted by atomic mass is 10.0. The third-order valence-electron chi connectivity index (χ3n) is 6.62. The number of piperidine rings is 1. The maximum atomic E-state index is 12.6. The zero-order valence-electron chi connectivity index (χ0n) is 23.1. The molecule has 1 amide bonds. The lowest BCUT2D eigenvalue weighted by Gasteiger charge is -2.34. The van der Waals surface area contributed by atoms with Crippen LogP contribution in [0.1, 0.15) is 39.2 Å². The number of anilines is 2. The lowest BCUT2D eigenvalue weighted by Crippen LogP contribution is -2.47. The average molecular weight is 543 g/mol. The number of fused-ring (bicyclic) bond motifs is 1. The van der Waals surface area contributed by atoms with Crippen molar-refractivity contribution in [1.29, 1.82) is 0 Å². The van der Waals surface area contributed by atoms with Crippen LogP contribution in [0.2, 0.25) is 0 Å². The second-order valence-corrected chi connectivity index (χ2v) is 11.0. The Morgan fingerprint density at radius 1 is 1.15 bits per heavy atom. The van der Waals surface area contributed by atoms with Gasteiger partial charge in [-0.1, -0.05) is 24.3 Å². The van der Waals surface area contributed by atoms with Crippen molar-refractivity contribution in [2.45, 2.75) is 52.2 Å². The molecular weight excluding hydrogens is 508 g/mol. The number of pyridine rings is 1. The van der Waals surface area contributed by atoms with Crippen molar-refractivity contribution >= 4 is 28.5 Å². The monoisotopic (exact) mass is 542 g/mol. The Hall–Kier alpha value is -4.60. The Balaban J connectivity index is 1.40. The number of aromatic hydroxyl groups is 1. The van der Waals surface area contributed by atoms with E-state index in [-0.39, 0.29) is 23.8 Å². The number of ether oxygens (including phenoxy) is 2. The van der Waals surface area contributed by atoms with Crippen LogP contribution in [0.3, 0.4) is 0 Å². The van der Waals surface area contributed by atoms with Crippen molar-refractivity contribution < 1.29 is 19.4 Å². The van der Waals surface area contributed by atoms with E-state index in [2.05, 4.69) is 15.3 Å². The molecule has 4 N–H and O–H groups in total. The van der Waals surface area contributed by atoms with Crippen LogP contribution >= 0.6 is 0 Å². The van der Waals surface area contributed by atoms with Gasteiger partial charge >= 0.3 is 6.09 Å². The van der Waals surface area contributed by atoms with E-state index in [1.54, 1.807) is 23.2 Å². The molecule has 1 atom stereocenters. The van der Waals surface area contributed by atoms with Gasteiger partial charge in [0.05, 0.1) is 17.5 Å². The number of benzene rings is 2. The van der Waals surface area contributed by atoms with Crippen molar-refractivity contribution in [1.82, 2.24) is 19.9 Å². The number of nitrogens with one attached hydrogen (secondary N) is 1. The van der Waals surface area contributed by atoms with Gasteiger partial charge in [-0.25, -0.2) is 19.7 Å². The van der Waals surface area contributed by atoms with E-state index >= 15 is 0 Å². The number of hydrogen-bond donors (Lipinski definition) is 3. The molecule has 208 valence electrons. The predicted molar refractivity (Wildman–Crippen MR) is 155 cm³/mol. The van der Waals surface area contributed by atoms with E-state index < -0.39 is 5.60 Å². The summed E-state index contributed by atoms with van der Waals surface area (Å²) >= 11 is 0. The number of likely N-dealkylation sites (tertiary alicyclic amines) is 1. The molecule has 0 radical (unpaired) electrons. The second-order valence-electron chi connectivity index (χ2n) is 11.0. The molecule has 4 aromatic rings. The normalized spacial score (nSPS) is 15.6. The summed E-state index contributed by atoms with van der Waals surface area (Å²) in [5.41, 5.74) is 8.24. The number of nitrogen functional groups attached to an aromatic ring is 1. The van der Waals surface area contributed by atoms with Gasteiger partial charge in [0.25, 0.3) is 0 Å². The number of aromatic nitrogens is 3. The fourth-order valence-corrected chi connectivity index (χ4v) is 4.75. The minimum absolute atomic E-state index is 0.0189. The highest BCUT2D eigenvalue weighted by atomic mass is 16.6. The van der Waals surface area contributed by atoms with Crippen LogP contribution in [0.15, 0.2) is 54.9 Å². The van der Waals surface area contributed by atoms with Crippen LogP contribution in [0.5, 0.6) is 17.4 Å². The molecule has 3 heterocycles. The van der Waals surface area contributed by atoms with Gasteiger partial charge in [0.15, 0.2) is 0 Å². The number of aryl methyl sites for hydroxylation is 1. The molecule has 2 aromatic carbocycles. The van der Waals surface area contributed by atoms with Gasteiger partial charge in [0, 0.05) is 41.8 Å². The highest BCUT2D eigenvalue weighted by Gasteiger charge is 2.28. The van der Waals surface area contributed by atoms with Crippen molar-refractivity contribution in [3.63, 3.8) is 0 Å². The first-order valence-corrected chi connectivity index (χ1v) is 13.3. The molecule has 10 heteroatoms. The fraction of sp³-hybridized carbons (Fsp3) is 0.333. The van der Waals surface area contributed by atoms with Crippen LogP contribution in [-0.2, 0) is 4.74 Å². The number of carbonyl (C=O) groups is 1. The molecule has 1 aliphatic rings. The molecule has 1 aliphatic heterocycles. The third-order valence-corrected chi connectivity index (χ3v) is 6.62. The summed E-state index contributed by atoms with van der Waals surface area (Å²) in [6.07, 6.45) is 4.34. The number of nitrogens with zero attached hydrogens (tertiary/aromatic N) is 4. The fourth-order valence-electron chi connectivity index (χ4n) is 4.75. The Bertz CT molecular complexity index is 1550. The van der Waals surface area contributed by atoms with E-state index in [0.29, 0.717) is 41.7 Å². The largest absolute Gasteiger partial charge is 0.506 e. The van der Waals surface area contributed by atoms with Crippen molar-refractivity contribution in [3.05, 3.63) is 60.4 Å². The number of carbonyl (C=O) groups excluding carboxylic acids is 1. The molecule has 2 aromatic heterocycles. The maximum absolute atomic E-state index is 12.6. The Morgan fingerprint density at radius 3 is 2.77 bits per heavy atom. The summed E-state index contributed by atoms with van der Waals surface area (Å²) in [5, 5.41) is 15.4. The van der Waals surface area contributed by atoms with E-state index in [4.69, 9.17) is 20.2 Å². The first kappa shape index (κ1) is 27.0. The van der Waals surface area contributed by atoms with Gasteiger partial charge < -0.3 is 30.5 Å². The molecule has 0 aliphatic carbocycles. The van der Waals surface area contributed by atoms with Gasteiger partial charge in [0.2, 0.25) is 11.8 Å². The second kappa shape index (κ2) is 10.9. The topological polar surface area (TPSA) is 136 Å². The Kier molecular flexibility index (Phi) is 7.34. The van der Waals surface area contributed by atoms with Crippen molar-refractivity contribution in [2.24, 2.45) is 0 Å². The molecule has 40 heavy (non-hydrogen) atoms. The Labute approximate surface area is 233 Å². The minimum atomic E-state index is -0.554. The molecule has 0 unspecified atom stereocenters. The number of nitrogens with two attached hydrogens (primary N) is 1. The summed E-state index contributed by atoms with van der Waals surface area (Å²) in [4.78, 5) is 27.8. The minimum Gasteiger partial charge on any atom is -0.506 e. The van der Waals surface area contributed by atoms with Gasteiger partial charge in [-0.05, 0) is 64.3 Å². The highest BCUT2D eigenvalue weighted by molar-refractivity contribution is 5.97. The van der Waals surface area contributed by atoms with Crippen molar-refractivity contribution in [2.75, 3.05) is 24.1 Å². The average Bonchev–Trinajstić information content (AvgIpc) is 2.90. The molecule has 1 saturated heterocycles. The first-order chi connectivity index (χ1) is 19.1. The van der Waals surface area contributed by atoms with Gasteiger partial charge in [-0.15, -0.1) is 0 Å². The molecule has 1 fully saturated rings. The smallest absolute Gasteiger partial charge is 0.410 e. The summed E-state index contributed by atoms with van der Waals surface area (Å²) in [6, 6.07) is 12.8. The molecular formula is C30H34N6O4. The molecule has 10 nitrogen and oxygen atoms in total. The lowest BCUT2D eigenvalue weighted by molar-refractivity contribution is 0.0206.